The molecule has 4 nitrogen and oxygen atoms in total. The van der Waals surface area contributed by atoms with E-state index in [9.17, 15) is 0 Å². The molecule has 2 unspecified atom stereocenters. The molecular weight excluding hydrogens is 574 g/mol. The molecule has 0 radical (unpaired) electrons. The van der Waals surface area contributed by atoms with Crippen LogP contribution in [0.4, 0.5) is 0 Å². The number of allylic oxidation sites excluding steroid dienone is 4. The van der Waals surface area contributed by atoms with Crippen LogP contribution in [0.1, 0.15) is 31.1 Å². The van der Waals surface area contributed by atoms with E-state index < -0.39 is 0 Å². The Morgan fingerprint density at radius 3 is 2.19 bits per heavy atom. The molecule has 0 saturated carbocycles. The lowest BCUT2D eigenvalue weighted by molar-refractivity contribution is 0.384. The van der Waals surface area contributed by atoms with Gasteiger partial charge < -0.3 is 4.42 Å². The van der Waals surface area contributed by atoms with E-state index in [1.807, 2.05) is 12.1 Å². The number of hydrogen-bond acceptors (Lipinski definition) is 3. The summed E-state index contributed by atoms with van der Waals surface area (Å²) < 4.78 is 9.25. The molecule has 5 aromatic carbocycles. The average Bonchev–Trinajstić information content (AvgIpc) is 3.75. The van der Waals surface area contributed by atoms with Gasteiger partial charge in [-0.25, -0.2) is 9.97 Å². The summed E-state index contributed by atoms with van der Waals surface area (Å²) in [7, 11) is 0. The summed E-state index contributed by atoms with van der Waals surface area (Å²) in [5.74, 6) is 2.32. The minimum absolute atomic E-state index is 0.0621. The second kappa shape index (κ2) is 9.63. The summed E-state index contributed by atoms with van der Waals surface area (Å²) in [6, 6.07) is 40.6. The van der Waals surface area contributed by atoms with Crippen LogP contribution in [-0.2, 0) is 5.41 Å². The molecule has 224 valence electrons. The van der Waals surface area contributed by atoms with Crippen LogP contribution in [0.5, 0.6) is 0 Å². The summed E-state index contributed by atoms with van der Waals surface area (Å²) in [6.45, 7) is 4.72. The maximum Gasteiger partial charge on any atom is 0.235 e. The van der Waals surface area contributed by atoms with Gasteiger partial charge in [0.05, 0.1) is 16.7 Å². The van der Waals surface area contributed by atoms with Crippen LogP contribution in [0.2, 0.25) is 0 Å². The highest BCUT2D eigenvalue weighted by atomic mass is 16.3. The van der Waals surface area contributed by atoms with E-state index in [0.29, 0.717) is 11.9 Å². The lowest BCUT2D eigenvalue weighted by Gasteiger charge is -2.29. The van der Waals surface area contributed by atoms with E-state index in [1.54, 1.807) is 0 Å². The molecule has 0 aliphatic heterocycles. The molecule has 2 aliphatic rings. The molecule has 47 heavy (non-hydrogen) atoms. The number of furan rings is 1. The topological polar surface area (TPSA) is 43.9 Å². The van der Waals surface area contributed by atoms with Crippen LogP contribution in [0, 0.1) is 5.92 Å². The van der Waals surface area contributed by atoms with E-state index >= 15 is 0 Å². The third kappa shape index (κ3) is 3.70. The fourth-order valence-corrected chi connectivity index (χ4v) is 8.28. The van der Waals surface area contributed by atoms with Crippen molar-refractivity contribution >= 4 is 43.7 Å². The molecule has 2 atom stereocenters. The van der Waals surface area contributed by atoms with Gasteiger partial charge in [0.25, 0.3) is 0 Å². The molecule has 0 N–H and O–H groups in total. The fraction of sp³-hybridized carbons (Fsp3) is 0.116. The predicted molar refractivity (Wildman–Crippen MR) is 192 cm³/mol. The quantitative estimate of drug-likeness (QED) is 0.201. The summed E-state index contributed by atoms with van der Waals surface area (Å²) in [5.41, 5.74) is 9.40. The molecule has 8 aromatic rings. The molecule has 4 heteroatoms. The number of benzene rings is 5. The summed E-state index contributed by atoms with van der Waals surface area (Å²) >= 11 is 0. The van der Waals surface area contributed by atoms with Gasteiger partial charge in [0.2, 0.25) is 5.95 Å². The molecule has 3 aromatic heterocycles. The third-order valence-corrected chi connectivity index (χ3v) is 10.5. The largest absolute Gasteiger partial charge is 0.458 e. The first-order valence-corrected chi connectivity index (χ1v) is 16.3. The molecule has 0 bridgehead atoms. The van der Waals surface area contributed by atoms with Crippen LogP contribution in [0.15, 0.2) is 144 Å². The second-order valence-corrected chi connectivity index (χ2v) is 13.4. The maximum absolute atomic E-state index is 7.03. The lowest BCUT2D eigenvalue weighted by Crippen LogP contribution is -2.24. The van der Waals surface area contributed by atoms with Crippen molar-refractivity contribution in [3.63, 3.8) is 0 Å². The first kappa shape index (κ1) is 26.5. The molecule has 0 fully saturated rings. The van der Waals surface area contributed by atoms with Gasteiger partial charge in [0.15, 0.2) is 5.58 Å². The minimum Gasteiger partial charge on any atom is -0.458 e. The van der Waals surface area contributed by atoms with Crippen molar-refractivity contribution in [3.8, 4) is 28.3 Å². The van der Waals surface area contributed by atoms with Gasteiger partial charge in [0, 0.05) is 44.0 Å². The smallest absolute Gasteiger partial charge is 0.235 e. The predicted octanol–water partition coefficient (Wildman–Crippen LogP) is 10.9. The van der Waals surface area contributed by atoms with E-state index in [-0.39, 0.29) is 11.3 Å². The van der Waals surface area contributed by atoms with Crippen molar-refractivity contribution in [2.24, 2.45) is 5.92 Å². The summed E-state index contributed by atoms with van der Waals surface area (Å²) in [5, 5.41) is 4.49. The highest BCUT2D eigenvalue weighted by molar-refractivity contribution is 6.17. The zero-order valence-electron chi connectivity index (χ0n) is 26.2. The van der Waals surface area contributed by atoms with E-state index in [4.69, 9.17) is 14.4 Å². The highest BCUT2D eigenvalue weighted by Gasteiger charge is 2.48. The Bertz CT molecular complexity index is 2600. The van der Waals surface area contributed by atoms with E-state index in [1.165, 1.54) is 16.5 Å². The van der Waals surface area contributed by atoms with Crippen molar-refractivity contribution in [1.82, 2.24) is 14.5 Å². The normalized spacial score (nSPS) is 18.0. The van der Waals surface area contributed by atoms with Gasteiger partial charge in [-0.05, 0) is 35.2 Å². The van der Waals surface area contributed by atoms with Crippen molar-refractivity contribution in [2.45, 2.75) is 25.2 Å². The van der Waals surface area contributed by atoms with Crippen LogP contribution < -0.4 is 0 Å². The summed E-state index contributed by atoms with van der Waals surface area (Å²) in [4.78, 5) is 10.7. The molecule has 0 amide bonds. The monoisotopic (exact) mass is 605 g/mol. The molecule has 0 spiro atoms. The van der Waals surface area contributed by atoms with Crippen molar-refractivity contribution in [1.29, 1.82) is 0 Å². The highest BCUT2D eigenvalue weighted by Crippen LogP contribution is 2.57. The number of para-hydroxylation sites is 1. The van der Waals surface area contributed by atoms with Gasteiger partial charge in [-0.15, -0.1) is 0 Å². The van der Waals surface area contributed by atoms with Crippen LogP contribution >= 0.6 is 0 Å². The van der Waals surface area contributed by atoms with Crippen LogP contribution in [-0.4, -0.2) is 14.5 Å². The lowest BCUT2D eigenvalue weighted by atomic mass is 9.74. The Morgan fingerprint density at radius 2 is 1.36 bits per heavy atom. The number of nitrogens with zero attached hydrogens (tertiary/aromatic N) is 3. The van der Waals surface area contributed by atoms with Crippen LogP contribution in [0.25, 0.3) is 72.0 Å². The molecule has 3 heterocycles. The number of hydrogen-bond donors (Lipinski definition) is 0. The van der Waals surface area contributed by atoms with Gasteiger partial charge in [-0.2, -0.15) is 0 Å². The zero-order chi connectivity index (χ0) is 31.3. The Morgan fingerprint density at radius 1 is 0.638 bits per heavy atom. The van der Waals surface area contributed by atoms with Gasteiger partial charge in [-0.3, -0.25) is 4.57 Å². The van der Waals surface area contributed by atoms with Crippen LogP contribution in [0.3, 0.4) is 0 Å². The number of fused-ring (bicyclic) bond motifs is 10. The SMILES string of the molecule is CC1(C)c2c(oc3c2ccc2c4ccccc4n(-c4nc(-c5ccccc5)c5cc(-c6ccccc6)ccc5n4)c23)C2C=CC=CC21. The Balaban J connectivity index is 1.29. The maximum atomic E-state index is 7.03. The summed E-state index contributed by atoms with van der Waals surface area (Å²) in [6.07, 6.45) is 8.98. The first-order chi connectivity index (χ1) is 23.1. The van der Waals surface area contributed by atoms with Gasteiger partial charge in [-0.1, -0.05) is 135 Å². The van der Waals surface area contributed by atoms with E-state index in [0.717, 1.165) is 60.9 Å². The molecular formula is C43H31N3O. The van der Waals surface area contributed by atoms with Crippen molar-refractivity contribution < 1.29 is 4.42 Å². The second-order valence-electron chi connectivity index (χ2n) is 13.4. The van der Waals surface area contributed by atoms with Crippen molar-refractivity contribution in [3.05, 3.63) is 151 Å². The number of aromatic nitrogens is 3. The standard InChI is InChI=1S/C43H31N3O/c1-43(2)34-19-11-9-18-31(34)40-37(43)32-23-22-30-29-17-10-12-20-36(29)46(39(30)41(32)47-40)42-44-35-24-21-28(26-13-5-3-6-14-26)25-33(35)38(45-42)27-15-7-4-8-16-27/h3-25,31,34H,1-2H3. The van der Waals surface area contributed by atoms with Gasteiger partial charge in [0.1, 0.15) is 11.3 Å². The Hall–Kier alpha value is -5.74. The Labute approximate surface area is 272 Å². The third-order valence-electron chi connectivity index (χ3n) is 10.5. The first-order valence-electron chi connectivity index (χ1n) is 16.3. The molecule has 0 saturated heterocycles. The van der Waals surface area contributed by atoms with Gasteiger partial charge >= 0.3 is 0 Å². The van der Waals surface area contributed by atoms with Crippen molar-refractivity contribution in [2.75, 3.05) is 0 Å². The number of rotatable bonds is 3. The molecule has 2 aliphatic carbocycles. The molecule has 10 rings (SSSR count). The minimum atomic E-state index is -0.0621. The van der Waals surface area contributed by atoms with E-state index in [2.05, 4.69) is 146 Å². The zero-order valence-corrected chi connectivity index (χ0v) is 26.2. The Kier molecular flexibility index (Phi) is 5.43. The average molecular weight is 606 g/mol. The fourth-order valence-electron chi connectivity index (χ4n) is 8.28.